The molecule has 182 valence electrons. The average Bonchev–Trinajstić information content (AvgIpc) is 2.82. The fourth-order valence-electron chi connectivity index (χ4n) is 10.3. The summed E-state index contributed by atoms with van der Waals surface area (Å²) in [6.07, 6.45) is 11.8. The highest BCUT2D eigenvalue weighted by Gasteiger charge is 2.66. The number of rotatable bonds is 1. The Morgan fingerprint density at radius 2 is 1.62 bits per heavy atom. The van der Waals surface area contributed by atoms with Crippen molar-refractivity contribution in [1.29, 1.82) is 0 Å². The van der Waals surface area contributed by atoms with Crippen molar-refractivity contribution in [2.75, 3.05) is 0 Å². The van der Waals surface area contributed by atoms with Crippen LogP contribution < -0.4 is 0 Å². The molecule has 0 bridgehead atoms. The molecule has 0 spiro atoms. The van der Waals surface area contributed by atoms with Crippen molar-refractivity contribution in [1.82, 2.24) is 0 Å². The first-order valence-electron chi connectivity index (χ1n) is 13.9. The minimum Gasteiger partial charge on any atom is -0.393 e. The largest absolute Gasteiger partial charge is 0.393 e. The molecule has 2 heteroatoms. The number of aliphatic hydroxyl groups is 1. The zero-order chi connectivity index (χ0) is 23.3. The first kappa shape index (κ1) is 23.4. The summed E-state index contributed by atoms with van der Waals surface area (Å²) in [4.78, 5) is 0. The van der Waals surface area contributed by atoms with E-state index in [1.54, 1.807) is 0 Å². The smallest absolute Gasteiger partial charge is 0.0623 e. The van der Waals surface area contributed by atoms with E-state index in [2.05, 4.69) is 55.4 Å². The van der Waals surface area contributed by atoms with Crippen LogP contribution in [0.25, 0.3) is 0 Å². The molecule has 0 aromatic heterocycles. The number of fused-ring (bicyclic) bond motifs is 6. The summed E-state index contributed by atoms with van der Waals surface area (Å²) in [6.45, 7) is 19.8. The topological polar surface area (TPSA) is 29.5 Å². The first-order chi connectivity index (χ1) is 14.9. The zero-order valence-corrected chi connectivity index (χ0v) is 22.3. The van der Waals surface area contributed by atoms with Gasteiger partial charge < -0.3 is 9.84 Å². The van der Waals surface area contributed by atoms with Crippen molar-refractivity contribution in [2.24, 2.45) is 45.3 Å². The van der Waals surface area contributed by atoms with Crippen LogP contribution in [0.4, 0.5) is 0 Å². The van der Waals surface area contributed by atoms with Crippen molar-refractivity contribution < 1.29 is 9.84 Å². The van der Waals surface area contributed by atoms with E-state index in [0.717, 1.165) is 12.3 Å². The van der Waals surface area contributed by atoms with Gasteiger partial charge in [0.25, 0.3) is 0 Å². The quantitative estimate of drug-likeness (QED) is 0.425. The minimum absolute atomic E-state index is 0.0247. The highest BCUT2D eigenvalue weighted by atomic mass is 16.5. The van der Waals surface area contributed by atoms with Gasteiger partial charge in [-0.25, -0.2) is 0 Å². The van der Waals surface area contributed by atoms with Gasteiger partial charge in [0, 0.05) is 0 Å². The zero-order valence-electron chi connectivity index (χ0n) is 22.3. The average molecular weight is 443 g/mol. The monoisotopic (exact) mass is 442 g/mol. The van der Waals surface area contributed by atoms with Gasteiger partial charge in [0.1, 0.15) is 0 Å². The van der Waals surface area contributed by atoms with Gasteiger partial charge in [-0.3, -0.25) is 0 Å². The molecule has 0 aromatic rings. The van der Waals surface area contributed by atoms with Gasteiger partial charge in [-0.1, -0.05) is 66.5 Å². The van der Waals surface area contributed by atoms with E-state index in [9.17, 15) is 5.11 Å². The van der Waals surface area contributed by atoms with Crippen LogP contribution in [0.2, 0.25) is 0 Å². The third kappa shape index (κ3) is 2.90. The molecule has 0 radical (unpaired) electrons. The van der Waals surface area contributed by atoms with Gasteiger partial charge in [0.2, 0.25) is 0 Å². The van der Waals surface area contributed by atoms with Crippen molar-refractivity contribution in [2.45, 2.75) is 131 Å². The Labute approximate surface area is 198 Å². The Hall–Kier alpha value is -0.340. The number of aliphatic hydroxyl groups excluding tert-OH is 1. The van der Waals surface area contributed by atoms with Crippen LogP contribution in [0.1, 0.15) is 113 Å². The fourth-order valence-corrected chi connectivity index (χ4v) is 10.3. The van der Waals surface area contributed by atoms with Gasteiger partial charge in [-0.05, 0) is 103 Å². The van der Waals surface area contributed by atoms with Crippen LogP contribution in [0.3, 0.4) is 0 Å². The highest BCUT2D eigenvalue weighted by molar-refractivity contribution is 5.39. The van der Waals surface area contributed by atoms with Gasteiger partial charge >= 0.3 is 0 Å². The molecule has 32 heavy (non-hydrogen) atoms. The van der Waals surface area contributed by atoms with Crippen molar-refractivity contribution in [3.8, 4) is 0 Å². The summed E-state index contributed by atoms with van der Waals surface area (Å²) in [7, 11) is 0. The van der Waals surface area contributed by atoms with Gasteiger partial charge in [-0.2, -0.15) is 0 Å². The Bertz CT molecular complexity index is 795. The summed E-state index contributed by atoms with van der Waals surface area (Å²) in [5.74, 6) is 2.68. The minimum atomic E-state index is -0.146. The number of hydrogen-bond donors (Lipinski definition) is 1. The predicted octanol–water partition coefficient (Wildman–Crippen LogP) is 7.55. The van der Waals surface area contributed by atoms with Crippen molar-refractivity contribution >= 4 is 0 Å². The van der Waals surface area contributed by atoms with E-state index in [-0.39, 0.29) is 22.3 Å². The van der Waals surface area contributed by atoms with Crippen LogP contribution in [0.5, 0.6) is 0 Å². The normalized spacial score (nSPS) is 52.7. The fraction of sp³-hybridized carbons (Fsp3) is 0.933. The molecular formula is C30H50O2. The molecular weight excluding hydrogens is 392 g/mol. The second-order valence-corrected chi connectivity index (χ2v) is 14.3. The molecule has 3 fully saturated rings. The van der Waals surface area contributed by atoms with Crippen molar-refractivity contribution in [3.05, 3.63) is 11.1 Å². The van der Waals surface area contributed by atoms with Crippen LogP contribution in [-0.4, -0.2) is 23.4 Å². The lowest BCUT2D eigenvalue weighted by Crippen LogP contribution is -2.55. The molecule has 0 amide bonds. The molecule has 1 unspecified atom stereocenters. The summed E-state index contributed by atoms with van der Waals surface area (Å²) in [5.41, 5.74) is 4.58. The maximum Gasteiger partial charge on any atom is 0.0623 e. The maximum atomic E-state index is 10.9. The maximum absolute atomic E-state index is 10.9. The molecule has 0 aromatic carbocycles. The Morgan fingerprint density at radius 1 is 0.906 bits per heavy atom. The van der Waals surface area contributed by atoms with Gasteiger partial charge in [-0.15, -0.1) is 0 Å². The van der Waals surface area contributed by atoms with Crippen LogP contribution in [-0.2, 0) is 4.74 Å². The lowest BCUT2D eigenvalue weighted by Gasteiger charge is -2.62. The number of ether oxygens (including phenoxy) is 1. The first-order valence-corrected chi connectivity index (χ1v) is 13.9. The summed E-state index contributed by atoms with van der Waals surface area (Å²) in [5, 5.41) is 10.9. The van der Waals surface area contributed by atoms with Crippen LogP contribution in [0, 0.1) is 45.3 Å². The van der Waals surface area contributed by atoms with Gasteiger partial charge in [0.05, 0.1) is 18.3 Å². The summed E-state index contributed by atoms with van der Waals surface area (Å²) in [6, 6.07) is 0. The molecule has 2 saturated carbocycles. The third-order valence-corrected chi connectivity index (χ3v) is 12.4. The molecule has 5 rings (SSSR count). The van der Waals surface area contributed by atoms with E-state index in [4.69, 9.17) is 4.74 Å². The number of hydrogen-bond acceptors (Lipinski definition) is 2. The summed E-state index contributed by atoms with van der Waals surface area (Å²) < 4.78 is 6.99. The van der Waals surface area contributed by atoms with E-state index in [1.165, 1.54) is 51.4 Å². The standard InChI is InChI=1S/C30H50O2/c1-18(2)22-11-9-19(3)26-23(32-22)17-30(8)21-10-12-24-27(4,5)25(31)14-15-28(24,6)20(21)13-16-29(26,30)7/h18-19,22-26,31H,9-17H2,1-8H3/t19-,22-,23+,24?,25-,26+,28-,29-,30+/m1/s1. The van der Waals surface area contributed by atoms with Crippen molar-refractivity contribution in [3.63, 3.8) is 0 Å². The lowest BCUT2D eigenvalue weighted by molar-refractivity contribution is -0.0966. The second-order valence-electron chi connectivity index (χ2n) is 14.3. The van der Waals surface area contributed by atoms with Gasteiger partial charge in [0.15, 0.2) is 0 Å². The molecule has 1 saturated heterocycles. The Balaban J connectivity index is 1.56. The molecule has 2 nitrogen and oxygen atoms in total. The molecule has 4 aliphatic carbocycles. The van der Waals surface area contributed by atoms with Crippen LogP contribution in [0.15, 0.2) is 11.1 Å². The molecule has 1 N–H and O–H groups in total. The lowest BCUT2D eigenvalue weighted by atomic mass is 9.43. The molecule has 1 heterocycles. The molecule has 1 aliphatic heterocycles. The third-order valence-electron chi connectivity index (χ3n) is 12.4. The van der Waals surface area contributed by atoms with E-state index < -0.39 is 0 Å². The van der Waals surface area contributed by atoms with E-state index in [1.807, 2.05) is 11.1 Å². The molecule has 5 aliphatic rings. The van der Waals surface area contributed by atoms with Crippen LogP contribution >= 0.6 is 0 Å². The predicted molar refractivity (Wildman–Crippen MR) is 132 cm³/mol. The summed E-state index contributed by atoms with van der Waals surface area (Å²) >= 11 is 0. The number of allylic oxidation sites excluding steroid dienone is 2. The Kier molecular flexibility index (Phi) is 5.36. The highest BCUT2D eigenvalue weighted by Crippen LogP contribution is 2.73. The molecule has 9 atom stereocenters. The van der Waals surface area contributed by atoms with E-state index in [0.29, 0.717) is 35.4 Å². The second kappa shape index (κ2) is 7.33. The SMILES string of the molecule is CC(C)[C@H]1CC[C@@H](C)[C@H]2[C@H](C[C@@]3(C)C4=C(CC[C@]23C)[C@@]2(C)CC[C@@H](O)C(C)(C)C2CC4)O1. The Morgan fingerprint density at radius 3 is 2.31 bits per heavy atom. The van der Waals surface area contributed by atoms with E-state index >= 15 is 0 Å².